The molecule has 0 saturated carbocycles. The standard InChI is InChI=1S/C6H9N3O2/c1-2-5-7-4-8-9(5)3-6(10)11/h4H,2-3H2,1H3,(H,10,11). The van der Waals surface area contributed by atoms with E-state index in [1.165, 1.54) is 11.0 Å². The maximum atomic E-state index is 10.2. The minimum atomic E-state index is -0.898. The Morgan fingerprint density at radius 2 is 2.55 bits per heavy atom. The number of hydrogen-bond donors (Lipinski definition) is 1. The Morgan fingerprint density at radius 3 is 3.09 bits per heavy atom. The summed E-state index contributed by atoms with van der Waals surface area (Å²) < 4.78 is 1.38. The van der Waals surface area contributed by atoms with Crippen LogP contribution in [0, 0.1) is 0 Å². The first-order chi connectivity index (χ1) is 5.24. The number of aromatic nitrogens is 3. The van der Waals surface area contributed by atoms with E-state index in [2.05, 4.69) is 10.1 Å². The lowest BCUT2D eigenvalue weighted by Crippen LogP contribution is -2.12. The number of hydrogen-bond acceptors (Lipinski definition) is 3. The third-order valence-electron chi connectivity index (χ3n) is 1.30. The van der Waals surface area contributed by atoms with Crippen LogP contribution >= 0.6 is 0 Å². The molecule has 0 bridgehead atoms. The molecular formula is C6H9N3O2. The highest BCUT2D eigenvalue weighted by Crippen LogP contribution is 1.93. The zero-order valence-electron chi connectivity index (χ0n) is 6.19. The summed E-state index contributed by atoms with van der Waals surface area (Å²) in [4.78, 5) is 14.1. The third kappa shape index (κ3) is 1.76. The molecule has 1 N–H and O–H groups in total. The van der Waals surface area contributed by atoms with Crippen LogP contribution in [0.3, 0.4) is 0 Å². The molecule has 0 aliphatic rings. The highest BCUT2D eigenvalue weighted by atomic mass is 16.4. The van der Waals surface area contributed by atoms with Crippen molar-refractivity contribution in [2.24, 2.45) is 0 Å². The van der Waals surface area contributed by atoms with E-state index >= 15 is 0 Å². The van der Waals surface area contributed by atoms with Crippen LogP contribution in [-0.4, -0.2) is 25.8 Å². The van der Waals surface area contributed by atoms with E-state index < -0.39 is 5.97 Å². The first kappa shape index (κ1) is 7.71. The highest BCUT2D eigenvalue weighted by molar-refractivity contribution is 5.66. The van der Waals surface area contributed by atoms with Crippen molar-refractivity contribution in [1.29, 1.82) is 0 Å². The normalized spacial score (nSPS) is 9.91. The second-order valence-corrected chi connectivity index (χ2v) is 2.08. The van der Waals surface area contributed by atoms with Crippen LogP contribution in [0.2, 0.25) is 0 Å². The summed E-state index contributed by atoms with van der Waals surface area (Å²) in [5.74, 6) is -0.197. The topological polar surface area (TPSA) is 68.0 Å². The molecule has 11 heavy (non-hydrogen) atoms. The molecule has 60 valence electrons. The van der Waals surface area contributed by atoms with Gasteiger partial charge < -0.3 is 5.11 Å². The number of carbonyl (C=O) groups is 1. The van der Waals surface area contributed by atoms with Crippen molar-refractivity contribution in [2.45, 2.75) is 19.9 Å². The fourth-order valence-electron chi connectivity index (χ4n) is 0.822. The molecule has 0 aromatic carbocycles. The van der Waals surface area contributed by atoms with E-state index in [0.717, 1.165) is 0 Å². The summed E-state index contributed by atoms with van der Waals surface area (Å²) in [5.41, 5.74) is 0. The zero-order chi connectivity index (χ0) is 8.27. The molecule has 0 spiro atoms. The largest absolute Gasteiger partial charge is 0.480 e. The Balaban J connectivity index is 2.76. The van der Waals surface area contributed by atoms with Crippen molar-refractivity contribution in [3.8, 4) is 0 Å². The number of carboxylic acid groups (broad SMARTS) is 1. The number of nitrogens with zero attached hydrogens (tertiary/aromatic N) is 3. The van der Waals surface area contributed by atoms with E-state index in [9.17, 15) is 4.79 Å². The van der Waals surface area contributed by atoms with Gasteiger partial charge in [0, 0.05) is 6.42 Å². The predicted molar refractivity (Wildman–Crippen MR) is 37.0 cm³/mol. The molecule has 0 amide bonds. The van der Waals surface area contributed by atoms with Crippen LogP contribution < -0.4 is 0 Å². The summed E-state index contributed by atoms with van der Waals surface area (Å²) in [6, 6.07) is 0. The van der Waals surface area contributed by atoms with Crippen LogP contribution in [0.4, 0.5) is 0 Å². The van der Waals surface area contributed by atoms with Crippen molar-refractivity contribution in [1.82, 2.24) is 14.8 Å². The molecule has 0 aliphatic heterocycles. The fraction of sp³-hybridized carbons (Fsp3) is 0.500. The Bertz CT molecular complexity index is 256. The number of aryl methyl sites for hydroxylation is 1. The van der Waals surface area contributed by atoms with E-state index in [1.807, 2.05) is 6.92 Å². The quantitative estimate of drug-likeness (QED) is 0.663. The van der Waals surface area contributed by atoms with E-state index in [1.54, 1.807) is 0 Å². The first-order valence-corrected chi connectivity index (χ1v) is 3.32. The number of rotatable bonds is 3. The highest BCUT2D eigenvalue weighted by Gasteiger charge is 2.04. The molecule has 0 unspecified atom stereocenters. The minimum absolute atomic E-state index is 0.108. The lowest BCUT2D eigenvalue weighted by atomic mass is 10.4. The van der Waals surface area contributed by atoms with Gasteiger partial charge in [0.1, 0.15) is 18.7 Å². The van der Waals surface area contributed by atoms with Gasteiger partial charge in [0.2, 0.25) is 0 Å². The van der Waals surface area contributed by atoms with Crippen molar-refractivity contribution >= 4 is 5.97 Å². The smallest absolute Gasteiger partial charge is 0.325 e. The summed E-state index contributed by atoms with van der Waals surface area (Å²) >= 11 is 0. The van der Waals surface area contributed by atoms with Crippen LogP contribution in [-0.2, 0) is 17.8 Å². The van der Waals surface area contributed by atoms with Crippen molar-refractivity contribution in [3.05, 3.63) is 12.2 Å². The Morgan fingerprint density at radius 1 is 1.82 bits per heavy atom. The van der Waals surface area contributed by atoms with E-state index in [4.69, 9.17) is 5.11 Å². The predicted octanol–water partition coefficient (Wildman–Crippen LogP) is -0.0749. The molecule has 0 fully saturated rings. The van der Waals surface area contributed by atoms with Crippen LogP contribution in [0.5, 0.6) is 0 Å². The Labute approximate surface area is 63.7 Å². The third-order valence-corrected chi connectivity index (χ3v) is 1.30. The Hall–Kier alpha value is -1.39. The van der Waals surface area contributed by atoms with Gasteiger partial charge in [-0.15, -0.1) is 0 Å². The molecule has 5 nitrogen and oxygen atoms in total. The van der Waals surface area contributed by atoms with Gasteiger partial charge in [-0.05, 0) is 0 Å². The van der Waals surface area contributed by atoms with Crippen LogP contribution in [0.25, 0.3) is 0 Å². The monoisotopic (exact) mass is 155 g/mol. The van der Waals surface area contributed by atoms with Gasteiger partial charge in [-0.25, -0.2) is 9.67 Å². The minimum Gasteiger partial charge on any atom is -0.480 e. The summed E-state index contributed by atoms with van der Waals surface area (Å²) in [6.45, 7) is 1.80. The van der Waals surface area contributed by atoms with Crippen molar-refractivity contribution in [3.63, 3.8) is 0 Å². The van der Waals surface area contributed by atoms with Gasteiger partial charge in [-0.2, -0.15) is 5.10 Å². The number of aliphatic carboxylic acids is 1. The molecule has 0 aliphatic carbocycles. The van der Waals surface area contributed by atoms with Crippen LogP contribution in [0.15, 0.2) is 6.33 Å². The van der Waals surface area contributed by atoms with Crippen molar-refractivity contribution < 1.29 is 9.90 Å². The molecule has 0 saturated heterocycles. The maximum Gasteiger partial charge on any atom is 0.325 e. The molecule has 1 aromatic heterocycles. The Kier molecular flexibility index (Phi) is 2.20. The van der Waals surface area contributed by atoms with Gasteiger partial charge >= 0.3 is 5.97 Å². The van der Waals surface area contributed by atoms with Gasteiger partial charge in [0.25, 0.3) is 0 Å². The van der Waals surface area contributed by atoms with Gasteiger partial charge in [0.15, 0.2) is 0 Å². The summed E-state index contributed by atoms with van der Waals surface area (Å²) in [6.07, 6.45) is 2.06. The average molecular weight is 155 g/mol. The van der Waals surface area contributed by atoms with E-state index in [-0.39, 0.29) is 6.54 Å². The lowest BCUT2D eigenvalue weighted by molar-refractivity contribution is -0.137. The summed E-state index contributed by atoms with van der Waals surface area (Å²) in [5, 5.41) is 12.2. The zero-order valence-corrected chi connectivity index (χ0v) is 6.19. The molecule has 0 radical (unpaired) electrons. The van der Waals surface area contributed by atoms with Gasteiger partial charge in [-0.3, -0.25) is 4.79 Å². The van der Waals surface area contributed by atoms with Crippen molar-refractivity contribution in [2.75, 3.05) is 0 Å². The fourth-order valence-corrected chi connectivity index (χ4v) is 0.822. The lowest BCUT2D eigenvalue weighted by Gasteiger charge is -1.98. The molecule has 5 heteroatoms. The summed E-state index contributed by atoms with van der Waals surface area (Å²) in [7, 11) is 0. The van der Waals surface area contributed by atoms with Gasteiger partial charge in [-0.1, -0.05) is 6.92 Å². The van der Waals surface area contributed by atoms with Crippen LogP contribution in [0.1, 0.15) is 12.7 Å². The first-order valence-electron chi connectivity index (χ1n) is 3.32. The molecule has 1 heterocycles. The average Bonchev–Trinajstić information content (AvgIpc) is 2.34. The SMILES string of the molecule is CCc1ncnn1CC(=O)O. The second kappa shape index (κ2) is 3.14. The number of carboxylic acids is 1. The molecule has 1 rings (SSSR count). The molecule has 1 aromatic rings. The molecular weight excluding hydrogens is 146 g/mol. The maximum absolute atomic E-state index is 10.2. The second-order valence-electron chi connectivity index (χ2n) is 2.08. The van der Waals surface area contributed by atoms with E-state index in [0.29, 0.717) is 12.2 Å². The molecule has 0 atom stereocenters. The van der Waals surface area contributed by atoms with Gasteiger partial charge in [0.05, 0.1) is 0 Å².